The lowest BCUT2D eigenvalue weighted by atomic mass is 10.1. The van der Waals surface area contributed by atoms with Gasteiger partial charge in [0.2, 0.25) is 0 Å². The van der Waals surface area contributed by atoms with Gasteiger partial charge in [-0.1, -0.05) is 37.0 Å². The molecule has 4 N–H and O–H groups in total. The van der Waals surface area contributed by atoms with E-state index in [-0.39, 0.29) is 16.1 Å². The van der Waals surface area contributed by atoms with E-state index in [0.717, 1.165) is 12.0 Å². The first-order valence-electron chi connectivity index (χ1n) is 9.64. The maximum Gasteiger partial charge on any atom is 0.314 e. The molecule has 0 saturated heterocycles. The van der Waals surface area contributed by atoms with Gasteiger partial charge in [0.15, 0.2) is 0 Å². The highest BCUT2D eigenvalue weighted by atomic mass is 35.5. The van der Waals surface area contributed by atoms with E-state index in [1.165, 1.54) is 6.07 Å². The van der Waals surface area contributed by atoms with Crippen LogP contribution in [-0.2, 0) is 12.8 Å². The molecule has 0 bridgehead atoms. The summed E-state index contributed by atoms with van der Waals surface area (Å²) in [7, 11) is 0. The van der Waals surface area contributed by atoms with Crippen molar-refractivity contribution in [2.75, 3.05) is 0 Å². The molecule has 0 aliphatic heterocycles. The van der Waals surface area contributed by atoms with Crippen LogP contribution >= 0.6 is 23.2 Å². The molecule has 13 heteroatoms. The number of aromatic amines is 4. The third-order valence-corrected chi connectivity index (χ3v) is 5.61. The topological polar surface area (TPSA) is 175 Å². The molecule has 0 atom stereocenters. The highest BCUT2D eigenvalue weighted by Crippen LogP contribution is 2.33. The van der Waals surface area contributed by atoms with Crippen LogP contribution < -0.4 is 22.2 Å². The van der Waals surface area contributed by atoms with Crippen LogP contribution in [0.2, 0.25) is 10.0 Å². The number of halogens is 2. The average Bonchev–Trinajstić information content (AvgIpc) is 2.75. The van der Waals surface area contributed by atoms with E-state index in [9.17, 15) is 29.3 Å². The normalized spacial score (nSPS) is 10.8. The standard InChI is InChI=1S/C10H8ClN3O4.C10H9ClN2O2/c1-2-4-3-5-7(8(6(4)11)14(17)18)13-10(16)9(15)12-5;1-2-5-3-7-8(4-6(5)11)13-10(15)9(14)12-7/h3H,2H2,1H3,(H,12,15)(H,13,16);3-4H,2H2,1H3,(H,12,14)(H,13,15). The predicted molar refractivity (Wildman–Crippen MR) is 126 cm³/mol. The van der Waals surface area contributed by atoms with Crippen molar-refractivity contribution in [1.29, 1.82) is 0 Å². The van der Waals surface area contributed by atoms with Crippen molar-refractivity contribution in [1.82, 2.24) is 19.9 Å². The van der Waals surface area contributed by atoms with Crippen molar-refractivity contribution in [3.63, 3.8) is 0 Å². The summed E-state index contributed by atoms with van der Waals surface area (Å²) in [6, 6.07) is 4.93. The molecule has 4 rings (SSSR count). The Kier molecular flexibility index (Phi) is 6.84. The van der Waals surface area contributed by atoms with Gasteiger partial charge in [0.25, 0.3) is 0 Å². The molecule has 33 heavy (non-hydrogen) atoms. The maximum absolute atomic E-state index is 11.2. The van der Waals surface area contributed by atoms with Gasteiger partial charge in [0, 0.05) is 5.02 Å². The van der Waals surface area contributed by atoms with Crippen molar-refractivity contribution in [2.24, 2.45) is 0 Å². The summed E-state index contributed by atoms with van der Waals surface area (Å²) in [5.41, 5.74) is -0.812. The average molecular weight is 494 g/mol. The van der Waals surface area contributed by atoms with Gasteiger partial charge in [-0.05, 0) is 42.2 Å². The lowest BCUT2D eigenvalue weighted by Crippen LogP contribution is -2.29. The maximum atomic E-state index is 11.2. The zero-order valence-corrected chi connectivity index (χ0v) is 18.8. The van der Waals surface area contributed by atoms with E-state index >= 15 is 0 Å². The predicted octanol–water partition coefficient (Wildman–Crippen LogP) is 2.77. The number of nitrogens with one attached hydrogen (secondary N) is 4. The molecule has 0 unspecified atom stereocenters. The second-order valence-electron chi connectivity index (χ2n) is 6.89. The molecule has 0 amide bonds. The van der Waals surface area contributed by atoms with Crippen LogP contribution in [0.4, 0.5) is 5.69 Å². The van der Waals surface area contributed by atoms with Crippen LogP contribution in [-0.4, -0.2) is 24.9 Å². The molecule has 0 aliphatic carbocycles. The molecule has 0 fully saturated rings. The van der Waals surface area contributed by atoms with Gasteiger partial charge in [0.1, 0.15) is 10.5 Å². The van der Waals surface area contributed by atoms with E-state index in [1.54, 1.807) is 19.1 Å². The van der Waals surface area contributed by atoms with Crippen LogP contribution in [0.3, 0.4) is 0 Å². The number of aryl methyl sites for hydroxylation is 2. The Morgan fingerprint density at radius 2 is 1.21 bits per heavy atom. The number of nitro groups is 1. The Labute approximate surface area is 193 Å². The van der Waals surface area contributed by atoms with Gasteiger partial charge in [0.05, 0.1) is 21.5 Å². The van der Waals surface area contributed by atoms with Crippen LogP contribution in [0.25, 0.3) is 22.1 Å². The molecule has 4 aromatic rings. The van der Waals surface area contributed by atoms with E-state index in [2.05, 4.69) is 19.9 Å². The Balaban J connectivity index is 0.000000189. The van der Waals surface area contributed by atoms with E-state index < -0.39 is 32.8 Å². The third-order valence-electron chi connectivity index (χ3n) is 4.84. The van der Waals surface area contributed by atoms with Crippen LogP contribution in [0.1, 0.15) is 25.0 Å². The monoisotopic (exact) mass is 493 g/mol. The summed E-state index contributed by atoms with van der Waals surface area (Å²) in [4.78, 5) is 64.3. The lowest BCUT2D eigenvalue weighted by molar-refractivity contribution is -0.383. The molecule has 2 aromatic heterocycles. The summed E-state index contributed by atoms with van der Waals surface area (Å²) in [5, 5.41) is 11.6. The van der Waals surface area contributed by atoms with Gasteiger partial charge in [-0.25, -0.2) is 0 Å². The minimum absolute atomic E-state index is 0.0299. The fourth-order valence-electron chi connectivity index (χ4n) is 3.16. The largest absolute Gasteiger partial charge is 0.316 e. The highest BCUT2D eigenvalue weighted by molar-refractivity contribution is 6.34. The van der Waals surface area contributed by atoms with Gasteiger partial charge in [-0.2, -0.15) is 0 Å². The van der Waals surface area contributed by atoms with Crippen molar-refractivity contribution in [3.8, 4) is 0 Å². The van der Waals surface area contributed by atoms with Crippen molar-refractivity contribution in [2.45, 2.75) is 26.7 Å². The number of nitrogens with zero attached hydrogens (tertiary/aromatic N) is 1. The molecule has 0 radical (unpaired) electrons. The zero-order chi connectivity index (χ0) is 24.4. The summed E-state index contributed by atoms with van der Waals surface area (Å²) < 4.78 is 0. The minimum atomic E-state index is -0.953. The van der Waals surface area contributed by atoms with Gasteiger partial charge in [-0.3, -0.25) is 29.3 Å². The number of benzene rings is 2. The molecule has 0 spiro atoms. The molecule has 172 valence electrons. The summed E-state index contributed by atoms with van der Waals surface area (Å²) in [5.74, 6) is 0. The van der Waals surface area contributed by atoms with Crippen LogP contribution in [0, 0.1) is 10.1 Å². The number of aromatic nitrogens is 4. The minimum Gasteiger partial charge on any atom is -0.316 e. The number of nitro benzene ring substituents is 1. The van der Waals surface area contributed by atoms with E-state index in [1.807, 2.05) is 6.92 Å². The number of H-pyrrole nitrogens is 4. The van der Waals surface area contributed by atoms with Crippen molar-refractivity contribution < 1.29 is 4.92 Å². The molecular formula is C20H17Cl2N5O6. The fourth-order valence-corrected chi connectivity index (χ4v) is 3.81. The van der Waals surface area contributed by atoms with Crippen LogP contribution in [0.5, 0.6) is 0 Å². The SMILES string of the molecule is CCc1cc2[nH]c(=O)c(=O)[nH]c2c([N+](=O)[O-])c1Cl.CCc1cc2[nH]c(=O)c(=O)[nH]c2cc1Cl. The molecule has 0 aliphatic rings. The molecule has 2 aromatic carbocycles. The Morgan fingerprint density at radius 1 is 0.758 bits per heavy atom. The first-order valence-corrected chi connectivity index (χ1v) is 10.4. The lowest BCUT2D eigenvalue weighted by Gasteiger charge is -2.05. The van der Waals surface area contributed by atoms with Gasteiger partial charge in [-0.15, -0.1) is 0 Å². The molecule has 2 heterocycles. The number of rotatable bonds is 3. The number of hydrogen-bond acceptors (Lipinski definition) is 6. The summed E-state index contributed by atoms with van der Waals surface area (Å²) >= 11 is 11.9. The Hall–Kier alpha value is -3.70. The zero-order valence-electron chi connectivity index (χ0n) is 17.3. The summed E-state index contributed by atoms with van der Waals surface area (Å²) in [6.07, 6.45) is 1.24. The summed E-state index contributed by atoms with van der Waals surface area (Å²) in [6.45, 7) is 3.75. The van der Waals surface area contributed by atoms with E-state index in [4.69, 9.17) is 23.2 Å². The smallest absolute Gasteiger partial charge is 0.314 e. The van der Waals surface area contributed by atoms with E-state index in [0.29, 0.717) is 28.0 Å². The fraction of sp³-hybridized carbons (Fsp3) is 0.200. The Bertz CT molecular complexity index is 1630. The second-order valence-corrected chi connectivity index (χ2v) is 7.68. The Morgan fingerprint density at radius 3 is 1.73 bits per heavy atom. The highest BCUT2D eigenvalue weighted by Gasteiger charge is 2.22. The quantitative estimate of drug-likeness (QED) is 0.194. The first-order chi connectivity index (χ1) is 15.6. The van der Waals surface area contributed by atoms with Gasteiger partial charge < -0.3 is 19.9 Å². The molecule has 11 nitrogen and oxygen atoms in total. The van der Waals surface area contributed by atoms with Crippen molar-refractivity contribution in [3.05, 3.63) is 90.9 Å². The van der Waals surface area contributed by atoms with Crippen molar-refractivity contribution >= 4 is 51.0 Å². The molecule has 0 saturated carbocycles. The number of fused-ring (bicyclic) bond motifs is 2. The second kappa shape index (κ2) is 9.43. The van der Waals surface area contributed by atoms with Gasteiger partial charge >= 0.3 is 27.9 Å². The number of hydrogen-bond donors (Lipinski definition) is 4. The first kappa shape index (κ1) is 24.0. The molecular weight excluding hydrogens is 477 g/mol. The third kappa shape index (κ3) is 4.73. The van der Waals surface area contributed by atoms with Crippen LogP contribution in [0.15, 0.2) is 37.4 Å².